The van der Waals surface area contributed by atoms with Gasteiger partial charge < -0.3 is 9.84 Å². The Morgan fingerprint density at radius 2 is 1.76 bits per heavy atom. The molecule has 1 N–H and O–H groups in total. The lowest BCUT2D eigenvalue weighted by molar-refractivity contribution is 0.442. The van der Waals surface area contributed by atoms with Gasteiger partial charge in [-0.05, 0) is 53.2 Å². The van der Waals surface area contributed by atoms with E-state index < -0.39 is 5.82 Å². The molecule has 0 saturated heterocycles. The molecule has 0 bridgehead atoms. The lowest BCUT2D eigenvalue weighted by atomic mass is 10.1. The SMILES string of the molecule is N#Cc1ccc(Oc2ccc3ccc(O)cc3c2)c(F)c1. The average molecular weight is 279 g/mol. The molecule has 102 valence electrons. The van der Waals surface area contributed by atoms with Crippen LogP contribution in [0, 0.1) is 17.1 Å². The third kappa shape index (κ3) is 2.63. The molecule has 0 atom stereocenters. The third-order valence-electron chi connectivity index (χ3n) is 3.08. The molecule has 0 amide bonds. The third-order valence-corrected chi connectivity index (χ3v) is 3.08. The molecular formula is C17H10FNO2. The van der Waals surface area contributed by atoms with Crippen LogP contribution >= 0.6 is 0 Å². The summed E-state index contributed by atoms with van der Waals surface area (Å²) >= 11 is 0. The van der Waals surface area contributed by atoms with Crippen molar-refractivity contribution < 1.29 is 14.2 Å². The standard InChI is InChI=1S/C17H10FNO2/c18-16-7-11(10-19)1-6-17(16)21-15-5-3-12-2-4-14(20)8-13(12)9-15/h1-9,20H. The Hall–Kier alpha value is -3.06. The molecule has 0 heterocycles. The normalized spacial score (nSPS) is 10.3. The Kier molecular flexibility index (Phi) is 3.17. The lowest BCUT2D eigenvalue weighted by Crippen LogP contribution is -1.89. The molecule has 3 aromatic rings. The summed E-state index contributed by atoms with van der Waals surface area (Å²) < 4.78 is 19.3. The van der Waals surface area contributed by atoms with Gasteiger partial charge in [-0.1, -0.05) is 12.1 Å². The van der Waals surface area contributed by atoms with Crippen LogP contribution in [0.25, 0.3) is 10.8 Å². The highest BCUT2D eigenvalue weighted by molar-refractivity contribution is 5.85. The minimum absolute atomic E-state index is 0.0495. The minimum Gasteiger partial charge on any atom is -0.508 e. The van der Waals surface area contributed by atoms with Gasteiger partial charge >= 0.3 is 0 Å². The van der Waals surface area contributed by atoms with Crippen LogP contribution in [0.5, 0.6) is 17.2 Å². The smallest absolute Gasteiger partial charge is 0.167 e. The van der Waals surface area contributed by atoms with E-state index in [0.29, 0.717) is 5.75 Å². The summed E-state index contributed by atoms with van der Waals surface area (Å²) in [5, 5.41) is 19.9. The predicted molar refractivity (Wildman–Crippen MR) is 76.8 cm³/mol. The molecule has 0 fully saturated rings. The van der Waals surface area contributed by atoms with Crippen LogP contribution in [0.3, 0.4) is 0 Å². The lowest BCUT2D eigenvalue weighted by Gasteiger charge is -2.08. The molecule has 4 heteroatoms. The number of phenolic OH excluding ortho intramolecular Hbond substituents is 1. The zero-order chi connectivity index (χ0) is 14.8. The number of rotatable bonds is 2. The zero-order valence-electron chi connectivity index (χ0n) is 10.9. The summed E-state index contributed by atoms with van der Waals surface area (Å²) in [4.78, 5) is 0. The Balaban J connectivity index is 1.96. The maximum absolute atomic E-state index is 13.8. The number of benzene rings is 3. The highest BCUT2D eigenvalue weighted by Crippen LogP contribution is 2.29. The number of hydrogen-bond acceptors (Lipinski definition) is 3. The van der Waals surface area contributed by atoms with E-state index in [-0.39, 0.29) is 17.1 Å². The number of hydrogen-bond donors (Lipinski definition) is 1. The number of nitriles is 1. The molecule has 0 aromatic heterocycles. The van der Waals surface area contributed by atoms with Crippen LogP contribution < -0.4 is 4.74 Å². The molecule has 3 nitrogen and oxygen atoms in total. The highest BCUT2D eigenvalue weighted by Gasteiger charge is 2.07. The van der Waals surface area contributed by atoms with Crippen molar-refractivity contribution in [1.29, 1.82) is 5.26 Å². The average Bonchev–Trinajstić information content (AvgIpc) is 2.49. The molecule has 0 saturated carbocycles. The number of phenols is 1. The van der Waals surface area contributed by atoms with Crippen molar-refractivity contribution in [3.63, 3.8) is 0 Å². The maximum atomic E-state index is 13.8. The summed E-state index contributed by atoms with van der Waals surface area (Å²) in [6.07, 6.45) is 0. The van der Waals surface area contributed by atoms with Gasteiger partial charge in [-0.15, -0.1) is 0 Å². The van der Waals surface area contributed by atoms with E-state index in [1.165, 1.54) is 12.1 Å². The molecule has 0 aliphatic rings. The molecular weight excluding hydrogens is 269 g/mol. The van der Waals surface area contributed by atoms with Crippen molar-refractivity contribution in [1.82, 2.24) is 0 Å². The first-order valence-corrected chi connectivity index (χ1v) is 6.26. The minimum atomic E-state index is -0.593. The van der Waals surface area contributed by atoms with Crippen LogP contribution in [-0.4, -0.2) is 5.11 Å². The van der Waals surface area contributed by atoms with Gasteiger partial charge in [-0.25, -0.2) is 4.39 Å². The Morgan fingerprint density at radius 1 is 0.952 bits per heavy atom. The maximum Gasteiger partial charge on any atom is 0.167 e. The van der Waals surface area contributed by atoms with E-state index in [4.69, 9.17) is 10.00 Å². The highest BCUT2D eigenvalue weighted by atomic mass is 19.1. The van der Waals surface area contributed by atoms with Crippen molar-refractivity contribution in [2.24, 2.45) is 0 Å². The van der Waals surface area contributed by atoms with Gasteiger partial charge in [0.25, 0.3) is 0 Å². The fourth-order valence-corrected chi connectivity index (χ4v) is 2.06. The van der Waals surface area contributed by atoms with Gasteiger partial charge in [0.2, 0.25) is 0 Å². The number of nitrogens with zero attached hydrogens (tertiary/aromatic N) is 1. The van der Waals surface area contributed by atoms with Crippen molar-refractivity contribution in [2.45, 2.75) is 0 Å². The Labute approximate surface area is 120 Å². The van der Waals surface area contributed by atoms with E-state index in [2.05, 4.69) is 0 Å². The number of halogens is 1. The summed E-state index contributed by atoms with van der Waals surface area (Å²) in [6, 6.07) is 16.2. The van der Waals surface area contributed by atoms with E-state index in [1.807, 2.05) is 12.1 Å². The van der Waals surface area contributed by atoms with Gasteiger partial charge in [0, 0.05) is 0 Å². The molecule has 3 aromatic carbocycles. The van der Waals surface area contributed by atoms with Crippen LogP contribution in [0.4, 0.5) is 4.39 Å². The molecule has 0 aliphatic carbocycles. The van der Waals surface area contributed by atoms with Crippen LogP contribution in [0.15, 0.2) is 54.6 Å². The van der Waals surface area contributed by atoms with E-state index >= 15 is 0 Å². The molecule has 0 radical (unpaired) electrons. The van der Waals surface area contributed by atoms with Gasteiger partial charge in [-0.2, -0.15) is 5.26 Å². The fraction of sp³-hybridized carbons (Fsp3) is 0. The Morgan fingerprint density at radius 3 is 2.52 bits per heavy atom. The second-order valence-corrected chi connectivity index (χ2v) is 4.55. The van der Waals surface area contributed by atoms with Gasteiger partial charge in [-0.3, -0.25) is 0 Å². The molecule has 21 heavy (non-hydrogen) atoms. The summed E-state index contributed by atoms with van der Waals surface area (Å²) in [5.41, 5.74) is 0.239. The Bertz CT molecular complexity index is 868. The van der Waals surface area contributed by atoms with Gasteiger partial charge in [0.15, 0.2) is 11.6 Å². The van der Waals surface area contributed by atoms with Crippen molar-refractivity contribution >= 4 is 10.8 Å². The van der Waals surface area contributed by atoms with E-state index in [0.717, 1.165) is 16.8 Å². The van der Waals surface area contributed by atoms with Crippen LogP contribution in [0.1, 0.15) is 5.56 Å². The van der Waals surface area contributed by atoms with E-state index in [9.17, 15) is 9.50 Å². The second kappa shape index (κ2) is 5.14. The molecule has 0 aliphatic heterocycles. The number of fused-ring (bicyclic) bond motifs is 1. The van der Waals surface area contributed by atoms with E-state index in [1.54, 1.807) is 30.3 Å². The second-order valence-electron chi connectivity index (χ2n) is 4.55. The largest absolute Gasteiger partial charge is 0.508 e. The molecule has 0 spiro atoms. The first-order valence-electron chi connectivity index (χ1n) is 6.26. The monoisotopic (exact) mass is 279 g/mol. The van der Waals surface area contributed by atoms with Gasteiger partial charge in [0.05, 0.1) is 11.6 Å². The topological polar surface area (TPSA) is 53.2 Å². The predicted octanol–water partition coefficient (Wildman–Crippen LogP) is 4.35. The van der Waals surface area contributed by atoms with Crippen LogP contribution in [-0.2, 0) is 0 Å². The summed E-state index contributed by atoms with van der Waals surface area (Å²) in [6.45, 7) is 0. The van der Waals surface area contributed by atoms with Crippen LogP contribution in [0.2, 0.25) is 0 Å². The van der Waals surface area contributed by atoms with Gasteiger partial charge in [0.1, 0.15) is 11.5 Å². The molecule has 3 rings (SSSR count). The number of aromatic hydroxyl groups is 1. The quantitative estimate of drug-likeness (QED) is 0.758. The first-order chi connectivity index (χ1) is 10.2. The zero-order valence-corrected chi connectivity index (χ0v) is 10.9. The van der Waals surface area contributed by atoms with Crippen molar-refractivity contribution in [3.05, 3.63) is 66.0 Å². The van der Waals surface area contributed by atoms with Crippen molar-refractivity contribution in [2.75, 3.05) is 0 Å². The van der Waals surface area contributed by atoms with Crippen molar-refractivity contribution in [3.8, 4) is 23.3 Å². The first kappa shape index (κ1) is 12.9. The summed E-state index contributed by atoms with van der Waals surface area (Å²) in [7, 11) is 0. The summed E-state index contributed by atoms with van der Waals surface area (Å²) in [5.74, 6) is 0.0690. The fourth-order valence-electron chi connectivity index (χ4n) is 2.06. The molecule has 0 unspecified atom stereocenters. The number of ether oxygens (including phenoxy) is 1.